The van der Waals surface area contributed by atoms with Crippen molar-refractivity contribution in [1.82, 2.24) is 5.32 Å². The maximum atomic E-state index is 11.3. The molecule has 0 bridgehead atoms. The number of hydrogen-bond donors (Lipinski definition) is 1. The maximum absolute atomic E-state index is 11.3. The molecule has 0 spiro atoms. The molecular formula is C6H8ClNO3S2. The average molecular weight is 242 g/mol. The van der Waals surface area contributed by atoms with Crippen molar-refractivity contribution >= 4 is 38.4 Å². The summed E-state index contributed by atoms with van der Waals surface area (Å²) in [6.45, 7) is 1.67. The number of rotatable bonds is 2. The molecule has 1 heterocycles. The molecule has 13 heavy (non-hydrogen) atoms. The van der Waals surface area contributed by atoms with Crippen molar-refractivity contribution < 1.29 is 13.2 Å². The zero-order valence-electron chi connectivity index (χ0n) is 7.00. The highest BCUT2D eigenvalue weighted by molar-refractivity contribution is 8.17. The summed E-state index contributed by atoms with van der Waals surface area (Å²) in [4.78, 5) is 11.0. The van der Waals surface area contributed by atoms with Gasteiger partial charge in [0.2, 0.25) is 0 Å². The summed E-state index contributed by atoms with van der Waals surface area (Å²) >= 11 is 6.13. The van der Waals surface area contributed by atoms with E-state index in [9.17, 15) is 13.2 Å². The van der Waals surface area contributed by atoms with Crippen molar-refractivity contribution in [3.8, 4) is 0 Å². The van der Waals surface area contributed by atoms with Crippen LogP contribution in [0.5, 0.6) is 0 Å². The van der Waals surface area contributed by atoms with Crippen molar-refractivity contribution in [3.05, 3.63) is 11.1 Å². The minimum Gasteiger partial charge on any atom is -0.354 e. The molecule has 74 valence electrons. The van der Waals surface area contributed by atoms with Crippen LogP contribution in [0.15, 0.2) is 11.1 Å². The van der Waals surface area contributed by atoms with E-state index in [0.717, 1.165) is 18.0 Å². The van der Waals surface area contributed by atoms with Crippen molar-refractivity contribution in [2.75, 3.05) is 6.26 Å². The molecule has 1 aliphatic heterocycles. The molecule has 0 aliphatic carbocycles. The number of nitrogens with one attached hydrogen (secondary N) is 1. The summed E-state index contributed by atoms with van der Waals surface area (Å²) in [5.41, 5.74) is 0.615. The molecule has 0 aromatic carbocycles. The lowest BCUT2D eigenvalue weighted by Crippen LogP contribution is -2.49. The van der Waals surface area contributed by atoms with Crippen LogP contribution in [0.25, 0.3) is 0 Å². The van der Waals surface area contributed by atoms with Gasteiger partial charge in [-0.1, -0.05) is 11.8 Å². The molecular weight excluding hydrogens is 234 g/mol. The molecule has 4 nitrogen and oxygen atoms in total. The number of carbonyl (C=O) groups is 1. The molecule has 0 aromatic heterocycles. The second kappa shape index (κ2) is 3.18. The quantitative estimate of drug-likeness (QED) is 0.720. The van der Waals surface area contributed by atoms with Crippen molar-refractivity contribution in [2.45, 2.75) is 11.1 Å². The van der Waals surface area contributed by atoms with Gasteiger partial charge in [-0.15, -0.1) is 0 Å². The summed E-state index contributed by atoms with van der Waals surface area (Å²) in [7, 11) is -3.58. The number of sulfone groups is 1. The predicted molar refractivity (Wildman–Crippen MR) is 52.9 cm³/mol. The number of halogens is 1. The molecule has 1 aliphatic rings. The lowest BCUT2D eigenvalue weighted by atomic mass is 10.5. The largest absolute Gasteiger partial charge is 0.354 e. The first kappa shape index (κ1) is 10.9. The van der Waals surface area contributed by atoms with Crippen LogP contribution in [-0.4, -0.2) is 24.1 Å². The third-order valence-electron chi connectivity index (χ3n) is 1.54. The normalized spacial score (nSPS) is 28.1. The molecule has 1 atom stereocenters. The molecule has 1 rings (SSSR count). The summed E-state index contributed by atoms with van der Waals surface area (Å²) in [5, 5.41) is 3.20. The number of carbonyl (C=O) groups excluding carboxylic acids is 1. The van der Waals surface area contributed by atoms with Gasteiger partial charge in [0.25, 0.3) is 9.45 Å². The molecule has 0 fully saturated rings. The minimum atomic E-state index is -3.58. The van der Waals surface area contributed by atoms with E-state index in [-0.39, 0.29) is 0 Å². The Labute approximate surface area is 85.6 Å². The summed E-state index contributed by atoms with van der Waals surface area (Å²) in [6, 6.07) is 0. The van der Waals surface area contributed by atoms with E-state index in [1.54, 1.807) is 12.3 Å². The molecule has 0 amide bonds. The number of thioether (sulfide) groups is 1. The molecule has 0 saturated heterocycles. The van der Waals surface area contributed by atoms with Crippen LogP contribution in [-0.2, 0) is 14.6 Å². The summed E-state index contributed by atoms with van der Waals surface area (Å²) in [5.74, 6) is 0. The van der Waals surface area contributed by atoms with Crippen LogP contribution < -0.4 is 5.32 Å². The average Bonchev–Trinajstić information content (AvgIpc) is 2.30. The Morgan fingerprint density at radius 3 is 2.38 bits per heavy atom. The highest BCUT2D eigenvalue weighted by Crippen LogP contribution is 2.37. The van der Waals surface area contributed by atoms with Crippen molar-refractivity contribution in [3.63, 3.8) is 0 Å². The van der Waals surface area contributed by atoms with E-state index in [1.165, 1.54) is 0 Å². The van der Waals surface area contributed by atoms with Crippen LogP contribution in [0.4, 0.5) is 0 Å². The zero-order valence-corrected chi connectivity index (χ0v) is 9.39. The smallest absolute Gasteiger partial charge is 0.273 e. The van der Waals surface area contributed by atoms with Gasteiger partial charge < -0.3 is 5.32 Å². The summed E-state index contributed by atoms with van der Waals surface area (Å²) in [6.07, 6.45) is 0.972. The Balaban J connectivity index is 3.16. The molecule has 0 radical (unpaired) electrons. The Morgan fingerprint density at radius 1 is 1.69 bits per heavy atom. The first-order chi connectivity index (χ1) is 5.79. The van der Waals surface area contributed by atoms with E-state index in [4.69, 9.17) is 11.6 Å². The Morgan fingerprint density at radius 2 is 2.23 bits per heavy atom. The lowest BCUT2D eigenvalue weighted by molar-refractivity contribution is -0.112. The van der Waals surface area contributed by atoms with E-state index in [0.29, 0.717) is 5.70 Å². The van der Waals surface area contributed by atoms with Gasteiger partial charge in [0.15, 0.2) is 9.84 Å². The van der Waals surface area contributed by atoms with Gasteiger partial charge in [-0.25, -0.2) is 8.42 Å². The number of hydrogen-bond acceptors (Lipinski definition) is 5. The van der Waals surface area contributed by atoms with Crippen LogP contribution >= 0.6 is 23.4 Å². The van der Waals surface area contributed by atoms with E-state index in [2.05, 4.69) is 5.32 Å². The SMILES string of the molecule is CC1=CSC(C(=O)Cl)(S(C)(=O)=O)N1. The van der Waals surface area contributed by atoms with Crippen LogP contribution in [0.1, 0.15) is 6.92 Å². The molecule has 0 aromatic rings. The van der Waals surface area contributed by atoms with Gasteiger partial charge in [0, 0.05) is 12.0 Å². The van der Waals surface area contributed by atoms with Gasteiger partial charge in [0.1, 0.15) is 0 Å². The Kier molecular flexibility index (Phi) is 2.66. The van der Waals surface area contributed by atoms with Crippen molar-refractivity contribution in [2.24, 2.45) is 0 Å². The Hall–Kier alpha value is -0.200. The maximum Gasteiger partial charge on any atom is 0.273 e. The van der Waals surface area contributed by atoms with E-state index in [1.807, 2.05) is 0 Å². The second-order valence-corrected chi connectivity index (χ2v) is 6.55. The Bertz CT molecular complexity index is 375. The first-order valence-electron chi connectivity index (χ1n) is 3.32. The first-order valence-corrected chi connectivity index (χ1v) is 6.47. The number of allylic oxidation sites excluding steroid dienone is 1. The van der Waals surface area contributed by atoms with Gasteiger partial charge in [-0.05, 0) is 23.9 Å². The fourth-order valence-corrected chi connectivity index (χ4v) is 3.71. The third kappa shape index (κ3) is 1.70. The molecule has 7 heteroatoms. The fraction of sp³-hybridized carbons (Fsp3) is 0.500. The van der Waals surface area contributed by atoms with Crippen LogP contribution in [0, 0.1) is 0 Å². The van der Waals surface area contributed by atoms with E-state index < -0.39 is 19.3 Å². The van der Waals surface area contributed by atoms with Gasteiger partial charge in [0.05, 0.1) is 0 Å². The fourth-order valence-electron chi connectivity index (χ4n) is 0.911. The molecule has 1 unspecified atom stereocenters. The predicted octanol–water partition coefficient (Wildman–Crippen LogP) is 0.648. The molecule has 1 N–H and O–H groups in total. The van der Waals surface area contributed by atoms with Crippen molar-refractivity contribution in [1.29, 1.82) is 0 Å². The standard InChI is InChI=1S/C6H8ClNO3S2/c1-4-3-12-6(8-4,5(7)9)13(2,10)11/h3,8H,1-2H3. The second-order valence-electron chi connectivity index (χ2n) is 2.71. The highest BCUT2D eigenvalue weighted by Gasteiger charge is 2.50. The van der Waals surface area contributed by atoms with Gasteiger partial charge >= 0.3 is 0 Å². The highest BCUT2D eigenvalue weighted by atomic mass is 35.5. The third-order valence-corrected chi connectivity index (χ3v) is 5.67. The topological polar surface area (TPSA) is 63.2 Å². The van der Waals surface area contributed by atoms with Crippen LogP contribution in [0.2, 0.25) is 0 Å². The zero-order chi connectivity index (χ0) is 10.3. The summed E-state index contributed by atoms with van der Waals surface area (Å²) < 4.78 is 20.9. The lowest BCUT2D eigenvalue weighted by Gasteiger charge is -2.22. The van der Waals surface area contributed by atoms with Gasteiger partial charge in [-0.3, -0.25) is 4.79 Å². The molecule has 0 saturated carbocycles. The minimum absolute atomic E-state index is 0.615. The van der Waals surface area contributed by atoms with Crippen LogP contribution in [0.3, 0.4) is 0 Å². The van der Waals surface area contributed by atoms with E-state index >= 15 is 0 Å². The monoisotopic (exact) mass is 241 g/mol. The van der Waals surface area contributed by atoms with Gasteiger partial charge in [-0.2, -0.15) is 0 Å².